The SMILES string of the molecule is CCNC(=NCc1ccccc1OC)NCc1cccc(N(C)C)n1.I. The fraction of sp³-hybridized carbons (Fsp3) is 0.368. The Morgan fingerprint density at radius 2 is 1.88 bits per heavy atom. The number of ether oxygens (including phenoxy) is 1. The van der Waals surface area contributed by atoms with E-state index < -0.39 is 0 Å². The number of hydrogen-bond acceptors (Lipinski definition) is 4. The zero-order valence-electron chi connectivity index (χ0n) is 15.8. The second-order valence-electron chi connectivity index (χ2n) is 5.74. The van der Waals surface area contributed by atoms with Crippen LogP contribution in [0.5, 0.6) is 5.75 Å². The van der Waals surface area contributed by atoms with Gasteiger partial charge in [-0.15, -0.1) is 24.0 Å². The van der Waals surface area contributed by atoms with Crippen LogP contribution in [-0.4, -0.2) is 38.7 Å². The summed E-state index contributed by atoms with van der Waals surface area (Å²) in [7, 11) is 5.64. The van der Waals surface area contributed by atoms with Crippen LogP contribution in [0, 0.1) is 0 Å². The summed E-state index contributed by atoms with van der Waals surface area (Å²) < 4.78 is 5.38. The summed E-state index contributed by atoms with van der Waals surface area (Å²) in [6, 6.07) is 13.9. The third kappa shape index (κ3) is 6.70. The van der Waals surface area contributed by atoms with Crippen LogP contribution in [0.3, 0.4) is 0 Å². The molecule has 0 amide bonds. The molecular formula is C19H28IN5O. The van der Waals surface area contributed by atoms with Crippen molar-refractivity contribution in [2.45, 2.75) is 20.0 Å². The zero-order valence-corrected chi connectivity index (χ0v) is 18.2. The Balaban J connectivity index is 0.00000338. The van der Waals surface area contributed by atoms with Gasteiger partial charge in [0.15, 0.2) is 5.96 Å². The minimum Gasteiger partial charge on any atom is -0.496 e. The van der Waals surface area contributed by atoms with E-state index in [1.165, 1.54) is 0 Å². The number of halogens is 1. The molecule has 0 atom stereocenters. The number of nitrogens with one attached hydrogen (secondary N) is 2. The molecule has 1 heterocycles. The minimum atomic E-state index is 0. The van der Waals surface area contributed by atoms with Gasteiger partial charge < -0.3 is 20.3 Å². The van der Waals surface area contributed by atoms with Crippen LogP contribution < -0.4 is 20.3 Å². The van der Waals surface area contributed by atoms with Gasteiger partial charge in [-0.2, -0.15) is 0 Å². The first-order valence-electron chi connectivity index (χ1n) is 8.41. The summed E-state index contributed by atoms with van der Waals surface area (Å²) >= 11 is 0. The molecule has 7 heteroatoms. The summed E-state index contributed by atoms with van der Waals surface area (Å²) in [4.78, 5) is 11.2. The monoisotopic (exact) mass is 469 g/mol. The molecule has 2 aromatic rings. The first-order valence-corrected chi connectivity index (χ1v) is 8.41. The lowest BCUT2D eigenvalue weighted by atomic mass is 10.2. The number of rotatable bonds is 7. The Labute approximate surface area is 173 Å². The zero-order chi connectivity index (χ0) is 18.1. The molecule has 0 fully saturated rings. The Bertz CT molecular complexity index is 706. The first kappa shape index (κ1) is 22.0. The second kappa shape index (κ2) is 11.6. The quantitative estimate of drug-likeness (QED) is 0.371. The van der Waals surface area contributed by atoms with Crippen molar-refractivity contribution in [2.24, 2.45) is 4.99 Å². The number of benzene rings is 1. The van der Waals surface area contributed by atoms with Crippen LogP contribution in [0.2, 0.25) is 0 Å². The molecule has 0 radical (unpaired) electrons. The molecule has 0 bridgehead atoms. The fourth-order valence-corrected chi connectivity index (χ4v) is 2.33. The molecule has 2 N–H and O–H groups in total. The highest BCUT2D eigenvalue weighted by Crippen LogP contribution is 2.17. The van der Waals surface area contributed by atoms with E-state index in [1.807, 2.05) is 68.4 Å². The Kier molecular flexibility index (Phi) is 9.79. The van der Waals surface area contributed by atoms with Gasteiger partial charge in [0.1, 0.15) is 11.6 Å². The number of para-hydroxylation sites is 1. The smallest absolute Gasteiger partial charge is 0.191 e. The summed E-state index contributed by atoms with van der Waals surface area (Å²) in [6.45, 7) is 4.00. The van der Waals surface area contributed by atoms with Crippen molar-refractivity contribution in [1.82, 2.24) is 15.6 Å². The van der Waals surface area contributed by atoms with Crippen LogP contribution in [0.25, 0.3) is 0 Å². The summed E-state index contributed by atoms with van der Waals surface area (Å²) in [5, 5.41) is 6.59. The van der Waals surface area contributed by atoms with Crippen molar-refractivity contribution in [3.8, 4) is 5.75 Å². The normalized spacial score (nSPS) is 10.7. The molecule has 0 saturated heterocycles. The average Bonchev–Trinajstić information content (AvgIpc) is 2.64. The Hall–Kier alpha value is -2.03. The van der Waals surface area contributed by atoms with Gasteiger partial charge in [-0.3, -0.25) is 0 Å². The van der Waals surface area contributed by atoms with E-state index in [2.05, 4.69) is 20.6 Å². The van der Waals surface area contributed by atoms with Crippen molar-refractivity contribution in [1.29, 1.82) is 0 Å². The molecule has 0 aliphatic heterocycles. The van der Waals surface area contributed by atoms with Gasteiger partial charge in [0, 0.05) is 26.2 Å². The lowest BCUT2D eigenvalue weighted by Crippen LogP contribution is -2.37. The second-order valence-corrected chi connectivity index (χ2v) is 5.74. The van der Waals surface area contributed by atoms with Gasteiger partial charge in [-0.05, 0) is 25.1 Å². The number of guanidine groups is 1. The van der Waals surface area contributed by atoms with Gasteiger partial charge in [0.05, 0.1) is 25.9 Å². The molecule has 1 aromatic carbocycles. The fourth-order valence-electron chi connectivity index (χ4n) is 2.33. The van der Waals surface area contributed by atoms with Crippen molar-refractivity contribution in [3.05, 3.63) is 53.7 Å². The highest BCUT2D eigenvalue weighted by molar-refractivity contribution is 14.0. The lowest BCUT2D eigenvalue weighted by molar-refractivity contribution is 0.410. The summed E-state index contributed by atoms with van der Waals surface area (Å²) in [6.07, 6.45) is 0. The Morgan fingerprint density at radius 1 is 1.12 bits per heavy atom. The van der Waals surface area contributed by atoms with E-state index in [0.29, 0.717) is 13.1 Å². The van der Waals surface area contributed by atoms with Crippen molar-refractivity contribution in [2.75, 3.05) is 32.6 Å². The molecular weight excluding hydrogens is 441 g/mol. The van der Waals surface area contributed by atoms with Gasteiger partial charge in [-0.25, -0.2) is 9.98 Å². The standard InChI is InChI=1S/C19H27N5O.HI/c1-5-20-19(21-13-15-9-6-7-11-17(15)25-4)22-14-16-10-8-12-18(23-16)24(2)3;/h6-12H,5,13-14H2,1-4H3,(H2,20,21,22);1H. The number of aromatic nitrogens is 1. The molecule has 6 nitrogen and oxygen atoms in total. The number of methoxy groups -OCH3 is 1. The van der Waals surface area contributed by atoms with E-state index >= 15 is 0 Å². The van der Waals surface area contributed by atoms with Crippen molar-refractivity contribution < 1.29 is 4.74 Å². The number of anilines is 1. The van der Waals surface area contributed by atoms with E-state index in [1.54, 1.807) is 7.11 Å². The van der Waals surface area contributed by atoms with E-state index in [-0.39, 0.29) is 24.0 Å². The van der Waals surface area contributed by atoms with E-state index in [0.717, 1.165) is 35.3 Å². The van der Waals surface area contributed by atoms with Gasteiger partial charge in [0.2, 0.25) is 0 Å². The topological polar surface area (TPSA) is 61.8 Å². The van der Waals surface area contributed by atoms with Crippen LogP contribution in [0.1, 0.15) is 18.2 Å². The van der Waals surface area contributed by atoms with E-state index in [4.69, 9.17) is 4.74 Å². The van der Waals surface area contributed by atoms with Gasteiger partial charge in [0.25, 0.3) is 0 Å². The maximum atomic E-state index is 5.38. The van der Waals surface area contributed by atoms with Crippen molar-refractivity contribution in [3.63, 3.8) is 0 Å². The molecule has 0 spiro atoms. The summed E-state index contributed by atoms with van der Waals surface area (Å²) in [5.41, 5.74) is 2.02. The number of nitrogens with zero attached hydrogens (tertiary/aromatic N) is 3. The number of pyridine rings is 1. The molecule has 2 rings (SSSR count). The van der Waals surface area contributed by atoms with Gasteiger partial charge >= 0.3 is 0 Å². The third-order valence-electron chi connectivity index (χ3n) is 3.63. The number of hydrogen-bond donors (Lipinski definition) is 2. The molecule has 0 aliphatic rings. The molecule has 0 aliphatic carbocycles. The molecule has 1 aromatic heterocycles. The van der Waals surface area contributed by atoms with Gasteiger partial charge in [-0.1, -0.05) is 24.3 Å². The largest absolute Gasteiger partial charge is 0.496 e. The molecule has 142 valence electrons. The lowest BCUT2D eigenvalue weighted by Gasteiger charge is -2.14. The minimum absolute atomic E-state index is 0. The first-order chi connectivity index (χ1) is 12.1. The average molecular weight is 469 g/mol. The number of aliphatic imine (C=N–C) groups is 1. The van der Waals surface area contributed by atoms with E-state index in [9.17, 15) is 0 Å². The summed E-state index contributed by atoms with van der Waals surface area (Å²) in [5.74, 6) is 2.54. The predicted molar refractivity (Wildman–Crippen MR) is 119 cm³/mol. The highest BCUT2D eigenvalue weighted by atomic mass is 127. The van der Waals surface area contributed by atoms with Crippen LogP contribution >= 0.6 is 24.0 Å². The maximum Gasteiger partial charge on any atom is 0.191 e. The Morgan fingerprint density at radius 3 is 2.58 bits per heavy atom. The van der Waals surface area contributed by atoms with Crippen molar-refractivity contribution >= 4 is 35.8 Å². The maximum absolute atomic E-state index is 5.38. The third-order valence-corrected chi connectivity index (χ3v) is 3.63. The van der Waals surface area contributed by atoms with Crippen LogP contribution in [0.4, 0.5) is 5.82 Å². The molecule has 0 saturated carbocycles. The molecule has 0 unspecified atom stereocenters. The van der Waals surface area contributed by atoms with Crippen LogP contribution in [0.15, 0.2) is 47.5 Å². The predicted octanol–water partition coefficient (Wildman–Crippen LogP) is 3.03. The molecule has 26 heavy (non-hydrogen) atoms. The highest BCUT2D eigenvalue weighted by Gasteiger charge is 2.04. The van der Waals surface area contributed by atoms with Crippen LogP contribution in [-0.2, 0) is 13.1 Å².